The van der Waals surface area contributed by atoms with Crippen LogP contribution in [0.25, 0.3) is 0 Å². The molecule has 2 heterocycles. The van der Waals surface area contributed by atoms with Crippen molar-refractivity contribution in [2.45, 2.75) is 103 Å². The molecule has 0 radical (unpaired) electrons. The molecule has 1 fully saturated rings. The smallest absolute Gasteiger partial charge is 0.333 e. The summed E-state index contributed by atoms with van der Waals surface area (Å²) in [5.74, 6) is -1.46. The maximum atomic E-state index is 12.6. The van der Waals surface area contributed by atoms with Crippen LogP contribution in [-0.4, -0.2) is 67.6 Å². The number of esters is 1. The van der Waals surface area contributed by atoms with Gasteiger partial charge in [0.15, 0.2) is 0 Å². The van der Waals surface area contributed by atoms with E-state index in [4.69, 9.17) is 9.47 Å². The lowest BCUT2D eigenvalue weighted by molar-refractivity contribution is -0.181. The monoisotopic (exact) mass is 400 g/mol. The van der Waals surface area contributed by atoms with Gasteiger partial charge in [0.05, 0.1) is 17.8 Å². The number of cyclic esters (lactones) is 1. The third kappa shape index (κ3) is 3.87. The van der Waals surface area contributed by atoms with E-state index in [1.54, 1.807) is 33.8 Å². The van der Waals surface area contributed by atoms with Gasteiger partial charge in [-0.3, -0.25) is 0 Å². The van der Waals surface area contributed by atoms with E-state index in [-0.39, 0.29) is 12.3 Å². The SMILES string of the molecule is CC[C@H]1OC(=O)/C(C)=C/[C@H](C)[C@@H](O)[C@](C)(O)C[C@@H](C)[C@H]2O[C@]1(C)[C@@H](O)[C@]2(C)O. The number of hydrogen-bond acceptors (Lipinski definition) is 7. The predicted molar refractivity (Wildman–Crippen MR) is 103 cm³/mol. The number of hydrogen-bond donors (Lipinski definition) is 4. The molecule has 0 aliphatic carbocycles. The molecule has 28 heavy (non-hydrogen) atoms. The summed E-state index contributed by atoms with van der Waals surface area (Å²) in [6.07, 6.45) is -1.91. The van der Waals surface area contributed by atoms with Crippen molar-refractivity contribution < 1.29 is 34.7 Å². The first-order valence-electron chi connectivity index (χ1n) is 10.1. The molecule has 0 spiro atoms. The third-order valence-electron chi connectivity index (χ3n) is 6.53. The molecule has 0 aromatic rings. The molecular weight excluding hydrogens is 364 g/mol. The van der Waals surface area contributed by atoms with Gasteiger partial charge in [-0.05, 0) is 46.5 Å². The minimum Gasteiger partial charge on any atom is -0.456 e. The van der Waals surface area contributed by atoms with Crippen LogP contribution in [0.2, 0.25) is 0 Å². The summed E-state index contributed by atoms with van der Waals surface area (Å²) >= 11 is 0. The summed E-state index contributed by atoms with van der Waals surface area (Å²) in [4.78, 5) is 12.6. The van der Waals surface area contributed by atoms with Crippen molar-refractivity contribution in [3.63, 3.8) is 0 Å². The molecular formula is C21H36O7. The summed E-state index contributed by atoms with van der Waals surface area (Å²) in [5.41, 5.74) is -4.11. The third-order valence-corrected chi connectivity index (χ3v) is 6.53. The number of ether oxygens (including phenoxy) is 2. The van der Waals surface area contributed by atoms with E-state index >= 15 is 0 Å². The van der Waals surface area contributed by atoms with Crippen LogP contribution in [0.1, 0.15) is 61.3 Å². The highest BCUT2D eigenvalue weighted by Crippen LogP contribution is 2.46. The first-order valence-corrected chi connectivity index (χ1v) is 10.1. The van der Waals surface area contributed by atoms with Crippen LogP contribution in [-0.2, 0) is 14.3 Å². The quantitative estimate of drug-likeness (QED) is 0.490. The first kappa shape index (κ1) is 23.3. The summed E-state index contributed by atoms with van der Waals surface area (Å²) < 4.78 is 11.8. The molecule has 0 amide bonds. The average Bonchev–Trinajstić information content (AvgIpc) is 2.78. The van der Waals surface area contributed by atoms with Crippen molar-refractivity contribution in [2.75, 3.05) is 0 Å². The minimum absolute atomic E-state index is 0.139. The number of fused-ring (bicyclic) bond motifs is 2. The van der Waals surface area contributed by atoms with Crippen LogP contribution in [0.5, 0.6) is 0 Å². The Balaban J connectivity index is 2.57. The Bertz CT molecular complexity index is 626. The number of rotatable bonds is 1. The summed E-state index contributed by atoms with van der Waals surface area (Å²) in [5, 5.41) is 43.6. The highest BCUT2D eigenvalue weighted by atomic mass is 16.6. The second kappa shape index (κ2) is 7.69. The maximum absolute atomic E-state index is 12.6. The lowest BCUT2D eigenvalue weighted by Gasteiger charge is -2.38. The molecule has 2 bridgehead atoms. The van der Waals surface area contributed by atoms with E-state index in [0.29, 0.717) is 12.0 Å². The average molecular weight is 401 g/mol. The van der Waals surface area contributed by atoms with E-state index in [9.17, 15) is 25.2 Å². The molecule has 0 unspecified atom stereocenters. The van der Waals surface area contributed by atoms with Gasteiger partial charge < -0.3 is 29.9 Å². The van der Waals surface area contributed by atoms with Gasteiger partial charge in [0.2, 0.25) is 0 Å². The van der Waals surface area contributed by atoms with E-state index in [1.165, 1.54) is 13.8 Å². The molecule has 2 rings (SSSR count). The molecule has 1 saturated heterocycles. The van der Waals surface area contributed by atoms with E-state index < -0.39 is 53.1 Å². The van der Waals surface area contributed by atoms with Crippen LogP contribution >= 0.6 is 0 Å². The summed E-state index contributed by atoms with van der Waals surface area (Å²) in [6.45, 7) is 11.6. The first-order chi connectivity index (χ1) is 12.7. The van der Waals surface area contributed by atoms with Gasteiger partial charge in [-0.2, -0.15) is 0 Å². The highest BCUT2D eigenvalue weighted by molar-refractivity contribution is 5.88. The van der Waals surface area contributed by atoms with Gasteiger partial charge in [-0.15, -0.1) is 0 Å². The molecule has 162 valence electrons. The molecule has 7 nitrogen and oxygen atoms in total. The van der Waals surface area contributed by atoms with Crippen LogP contribution in [0.3, 0.4) is 0 Å². The Hall–Kier alpha value is -0.990. The predicted octanol–water partition coefficient (Wildman–Crippen LogP) is 1.31. The van der Waals surface area contributed by atoms with Crippen LogP contribution < -0.4 is 0 Å². The van der Waals surface area contributed by atoms with Gasteiger partial charge in [0.25, 0.3) is 0 Å². The molecule has 0 aromatic heterocycles. The standard InChI is InChI=1S/C21H36O7/c1-8-14-21(7)18(24)20(6,26)16(28-21)13(4)10-19(5,25)15(22)11(2)9-12(3)17(23)27-14/h9,11,13-16,18,22,24-26H,8,10H2,1-7H3/b12-9+/t11-,13+,14+,15+,16+,18-,19+,20+,21-/m0/s1. The largest absolute Gasteiger partial charge is 0.456 e. The van der Waals surface area contributed by atoms with Crippen molar-refractivity contribution in [2.24, 2.45) is 11.8 Å². The van der Waals surface area contributed by atoms with Crippen LogP contribution in [0, 0.1) is 11.8 Å². The fourth-order valence-corrected chi connectivity index (χ4v) is 4.96. The fourth-order valence-electron chi connectivity index (χ4n) is 4.96. The van der Waals surface area contributed by atoms with Crippen molar-refractivity contribution >= 4 is 5.97 Å². The number of aliphatic hydroxyl groups is 4. The molecule has 4 N–H and O–H groups in total. The van der Waals surface area contributed by atoms with E-state index in [1.807, 2.05) is 6.92 Å². The van der Waals surface area contributed by atoms with Crippen molar-refractivity contribution in [3.05, 3.63) is 11.6 Å². The summed E-state index contributed by atoms with van der Waals surface area (Å²) in [7, 11) is 0. The number of aliphatic hydroxyl groups excluding tert-OH is 2. The van der Waals surface area contributed by atoms with Gasteiger partial charge in [0, 0.05) is 11.5 Å². The molecule has 2 aliphatic rings. The molecule has 0 saturated carbocycles. The molecule has 0 aromatic carbocycles. The van der Waals surface area contributed by atoms with Crippen molar-refractivity contribution in [3.8, 4) is 0 Å². The van der Waals surface area contributed by atoms with E-state index in [2.05, 4.69) is 0 Å². The Kier molecular flexibility index (Phi) is 6.39. The highest BCUT2D eigenvalue weighted by Gasteiger charge is 2.63. The topological polar surface area (TPSA) is 116 Å². The van der Waals surface area contributed by atoms with Gasteiger partial charge in [-0.25, -0.2) is 4.79 Å². The van der Waals surface area contributed by atoms with Gasteiger partial charge in [0.1, 0.15) is 23.4 Å². The summed E-state index contributed by atoms with van der Waals surface area (Å²) in [6, 6.07) is 0. The normalized spacial score (nSPS) is 52.7. The van der Waals surface area contributed by atoms with Crippen LogP contribution in [0.15, 0.2) is 11.6 Å². The lowest BCUT2D eigenvalue weighted by Crippen LogP contribution is -2.55. The van der Waals surface area contributed by atoms with Crippen molar-refractivity contribution in [1.82, 2.24) is 0 Å². The van der Waals surface area contributed by atoms with Gasteiger partial charge in [-0.1, -0.05) is 26.8 Å². The van der Waals surface area contributed by atoms with Crippen LogP contribution in [0.4, 0.5) is 0 Å². The number of carbonyl (C=O) groups is 1. The zero-order chi connectivity index (χ0) is 21.7. The number of carbonyl (C=O) groups excluding carboxylic acids is 1. The second-order valence-corrected chi connectivity index (χ2v) is 9.35. The van der Waals surface area contributed by atoms with E-state index in [0.717, 1.165) is 0 Å². The molecule has 7 heteroatoms. The zero-order valence-corrected chi connectivity index (χ0v) is 18.0. The lowest BCUT2D eigenvalue weighted by atomic mass is 9.75. The molecule has 9 atom stereocenters. The zero-order valence-electron chi connectivity index (χ0n) is 18.0. The Morgan fingerprint density at radius 2 is 1.75 bits per heavy atom. The maximum Gasteiger partial charge on any atom is 0.333 e. The van der Waals surface area contributed by atoms with Gasteiger partial charge >= 0.3 is 5.97 Å². The Morgan fingerprint density at radius 1 is 1.18 bits per heavy atom. The fraction of sp³-hybridized carbons (Fsp3) is 0.857. The second-order valence-electron chi connectivity index (χ2n) is 9.35. The minimum atomic E-state index is -1.62. The van der Waals surface area contributed by atoms with Crippen molar-refractivity contribution in [1.29, 1.82) is 0 Å². The Labute approximate surface area is 167 Å². The Morgan fingerprint density at radius 3 is 2.29 bits per heavy atom. The molecule has 2 aliphatic heterocycles.